The van der Waals surface area contributed by atoms with Crippen molar-refractivity contribution >= 4 is 11.7 Å². The lowest BCUT2D eigenvalue weighted by Gasteiger charge is -2.40. The largest absolute Gasteiger partial charge is 0.379 e. The first-order valence-electron chi connectivity index (χ1n) is 8.99. The maximum absolute atomic E-state index is 12.3. The summed E-state index contributed by atoms with van der Waals surface area (Å²) < 4.78 is 5.38. The maximum Gasteiger partial charge on any atom is 0.220 e. The van der Waals surface area contributed by atoms with Crippen molar-refractivity contribution in [2.45, 2.75) is 46.1 Å². The maximum atomic E-state index is 12.3. The number of hydrogen-bond acceptors (Lipinski definition) is 4. The number of carbonyl (C=O) groups excluding carboxylic acids is 2. The van der Waals surface area contributed by atoms with Crippen LogP contribution in [0.1, 0.15) is 48.2 Å². The van der Waals surface area contributed by atoms with Crippen LogP contribution in [0.5, 0.6) is 0 Å². The zero-order chi connectivity index (χ0) is 18.4. The second-order valence-electron chi connectivity index (χ2n) is 7.41. The van der Waals surface area contributed by atoms with Gasteiger partial charge in [0.15, 0.2) is 5.78 Å². The zero-order valence-corrected chi connectivity index (χ0v) is 15.9. The van der Waals surface area contributed by atoms with Gasteiger partial charge in [0.25, 0.3) is 0 Å². The third kappa shape index (κ3) is 5.65. The van der Waals surface area contributed by atoms with E-state index in [-0.39, 0.29) is 30.1 Å². The van der Waals surface area contributed by atoms with Crippen LogP contribution in [0.25, 0.3) is 0 Å². The predicted octanol–water partition coefficient (Wildman–Crippen LogP) is 2.49. The Kier molecular flexibility index (Phi) is 6.73. The number of benzene rings is 1. The molecule has 0 bridgehead atoms. The van der Waals surface area contributed by atoms with E-state index in [9.17, 15) is 9.59 Å². The van der Waals surface area contributed by atoms with Gasteiger partial charge in [-0.15, -0.1) is 0 Å². The molecular formula is C20H30N2O3. The molecule has 0 unspecified atom stereocenters. The van der Waals surface area contributed by atoms with Crippen molar-refractivity contribution in [2.75, 3.05) is 32.8 Å². The number of carbonyl (C=O) groups is 2. The number of hydrogen-bond donors (Lipinski definition) is 1. The van der Waals surface area contributed by atoms with Crippen LogP contribution in [0.4, 0.5) is 0 Å². The van der Waals surface area contributed by atoms with Crippen LogP contribution in [0.15, 0.2) is 18.2 Å². The number of aryl methyl sites for hydroxylation is 2. The summed E-state index contributed by atoms with van der Waals surface area (Å²) in [6.45, 7) is 12.1. The summed E-state index contributed by atoms with van der Waals surface area (Å²) in [5, 5.41) is 2.97. The molecule has 1 aromatic carbocycles. The van der Waals surface area contributed by atoms with Gasteiger partial charge >= 0.3 is 0 Å². The Morgan fingerprint density at radius 1 is 1.12 bits per heavy atom. The second-order valence-corrected chi connectivity index (χ2v) is 7.41. The molecular weight excluding hydrogens is 316 g/mol. The second kappa shape index (κ2) is 8.59. The molecule has 0 aromatic heterocycles. The third-order valence-electron chi connectivity index (χ3n) is 4.99. The van der Waals surface area contributed by atoms with E-state index in [1.165, 1.54) is 5.56 Å². The van der Waals surface area contributed by atoms with Crippen molar-refractivity contribution in [3.8, 4) is 0 Å². The molecule has 2 rings (SSSR count). The van der Waals surface area contributed by atoms with Crippen molar-refractivity contribution < 1.29 is 14.3 Å². The van der Waals surface area contributed by atoms with E-state index in [2.05, 4.69) is 24.1 Å². The standard InChI is InChI=1S/C20H30N2O3/c1-15-5-6-17(13-16(15)2)18(23)7-8-19(24)21-14-20(3,4)22-9-11-25-12-10-22/h5-6,13H,7-12,14H2,1-4H3,(H,21,24). The lowest BCUT2D eigenvalue weighted by Crippen LogP contribution is -2.55. The summed E-state index contributed by atoms with van der Waals surface area (Å²) in [4.78, 5) is 26.7. The molecule has 1 N–H and O–H groups in total. The molecule has 0 radical (unpaired) electrons. The van der Waals surface area contributed by atoms with Crippen LogP contribution >= 0.6 is 0 Å². The lowest BCUT2D eigenvalue weighted by molar-refractivity contribution is -0.121. The molecule has 138 valence electrons. The summed E-state index contributed by atoms with van der Waals surface area (Å²) in [5.41, 5.74) is 2.84. The molecule has 0 atom stereocenters. The van der Waals surface area contributed by atoms with Gasteiger partial charge in [0, 0.05) is 43.6 Å². The summed E-state index contributed by atoms with van der Waals surface area (Å²) in [6, 6.07) is 5.69. The average Bonchev–Trinajstić information content (AvgIpc) is 2.61. The Bertz CT molecular complexity index is 619. The predicted molar refractivity (Wildman–Crippen MR) is 99.0 cm³/mol. The first-order valence-corrected chi connectivity index (χ1v) is 8.99. The fourth-order valence-electron chi connectivity index (χ4n) is 2.97. The van der Waals surface area contributed by atoms with E-state index in [0.29, 0.717) is 12.1 Å². The minimum Gasteiger partial charge on any atom is -0.379 e. The number of nitrogens with zero attached hydrogens (tertiary/aromatic N) is 1. The molecule has 5 heteroatoms. The van der Waals surface area contributed by atoms with Crippen LogP contribution in [0, 0.1) is 13.8 Å². The Balaban J connectivity index is 1.78. The molecule has 0 spiro atoms. The van der Waals surface area contributed by atoms with Gasteiger partial charge in [-0.05, 0) is 44.9 Å². The highest BCUT2D eigenvalue weighted by molar-refractivity contribution is 5.98. The van der Waals surface area contributed by atoms with Gasteiger partial charge in [-0.3, -0.25) is 14.5 Å². The number of Topliss-reactive ketones (excluding diaryl/α,β-unsaturated/α-hetero) is 1. The number of ketones is 1. The highest BCUT2D eigenvalue weighted by Gasteiger charge is 2.28. The summed E-state index contributed by atoms with van der Waals surface area (Å²) >= 11 is 0. The van der Waals surface area contributed by atoms with Gasteiger partial charge < -0.3 is 10.1 Å². The Labute approximate surface area is 150 Å². The van der Waals surface area contributed by atoms with Crippen molar-refractivity contribution in [1.82, 2.24) is 10.2 Å². The summed E-state index contributed by atoms with van der Waals surface area (Å²) in [7, 11) is 0. The molecule has 25 heavy (non-hydrogen) atoms. The van der Waals surface area contributed by atoms with Crippen LogP contribution < -0.4 is 5.32 Å². The number of nitrogens with one attached hydrogen (secondary N) is 1. The monoisotopic (exact) mass is 346 g/mol. The van der Waals surface area contributed by atoms with Crippen molar-refractivity contribution in [1.29, 1.82) is 0 Å². The first-order chi connectivity index (χ1) is 11.8. The third-order valence-corrected chi connectivity index (χ3v) is 4.99. The van der Waals surface area contributed by atoms with Crippen LogP contribution in [0.2, 0.25) is 0 Å². The smallest absolute Gasteiger partial charge is 0.220 e. The van der Waals surface area contributed by atoms with Crippen molar-refractivity contribution in [3.05, 3.63) is 34.9 Å². The molecule has 1 amide bonds. The topological polar surface area (TPSA) is 58.6 Å². The van der Waals surface area contributed by atoms with Gasteiger partial charge in [0.05, 0.1) is 13.2 Å². The minimum absolute atomic E-state index is 0.0192. The number of morpholine rings is 1. The summed E-state index contributed by atoms with van der Waals surface area (Å²) in [6.07, 6.45) is 0.470. The molecule has 0 aliphatic carbocycles. The fraction of sp³-hybridized carbons (Fsp3) is 0.600. The van der Waals surface area contributed by atoms with Crippen LogP contribution in [0.3, 0.4) is 0 Å². The lowest BCUT2D eigenvalue weighted by atomic mass is 10.0. The highest BCUT2D eigenvalue weighted by atomic mass is 16.5. The molecule has 1 fully saturated rings. The molecule has 1 aliphatic rings. The minimum atomic E-state index is -0.114. The molecule has 1 saturated heterocycles. The molecule has 5 nitrogen and oxygen atoms in total. The molecule has 1 aliphatic heterocycles. The Morgan fingerprint density at radius 2 is 1.80 bits per heavy atom. The number of amides is 1. The average molecular weight is 346 g/mol. The quantitative estimate of drug-likeness (QED) is 0.771. The Morgan fingerprint density at radius 3 is 2.44 bits per heavy atom. The van der Waals surface area contributed by atoms with Gasteiger partial charge in [-0.2, -0.15) is 0 Å². The number of ether oxygens (including phenoxy) is 1. The SMILES string of the molecule is Cc1ccc(C(=O)CCC(=O)NCC(C)(C)N2CCOCC2)cc1C. The van der Waals surface area contributed by atoms with E-state index < -0.39 is 0 Å². The van der Waals surface area contributed by atoms with Gasteiger partial charge in [-0.25, -0.2) is 0 Å². The van der Waals surface area contributed by atoms with Crippen molar-refractivity contribution in [3.63, 3.8) is 0 Å². The van der Waals surface area contributed by atoms with Gasteiger partial charge in [-0.1, -0.05) is 12.1 Å². The van der Waals surface area contributed by atoms with Crippen LogP contribution in [-0.2, 0) is 9.53 Å². The van der Waals surface area contributed by atoms with Gasteiger partial charge in [0.2, 0.25) is 5.91 Å². The molecule has 1 heterocycles. The van der Waals surface area contributed by atoms with E-state index in [4.69, 9.17) is 4.74 Å². The highest BCUT2D eigenvalue weighted by Crippen LogP contribution is 2.15. The van der Waals surface area contributed by atoms with E-state index >= 15 is 0 Å². The Hall–Kier alpha value is -1.72. The normalized spacial score (nSPS) is 15.8. The van der Waals surface area contributed by atoms with E-state index in [1.54, 1.807) is 0 Å². The van der Waals surface area contributed by atoms with Crippen molar-refractivity contribution in [2.24, 2.45) is 0 Å². The van der Waals surface area contributed by atoms with E-state index in [1.807, 2.05) is 32.0 Å². The summed E-state index contributed by atoms with van der Waals surface area (Å²) in [5.74, 6) is -0.0517. The van der Waals surface area contributed by atoms with Gasteiger partial charge in [0.1, 0.15) is 0 Å². The zero-order valence-electron chi connectivity index (χ0n) is 15.9. The fourth-order valence-corrected chi connectivity index (χ4v) is 2.97. The molecule has 0 saturated carbocycles. The van der Waals surface area contributed by atoms with Crippen LogP contribution in [-0.4, -0.2) is 55.0 Å². The first kappa shape index (κ1) is 19.6. The number of rotatable bonds is 7. The molecule has 1 aromatic rings. The van der Waals surface area contributed by atoms with E-state index in [0.717, 1.165) is 31.9 Å².